The highest BCUT2D eigenvalue weighted by Crippen LogP contribution is 2.16. The molecule has 0 fully saturated rings. The molecule has 21 heavy (non-hydrogen) atoms. The third-order valence-corrected chi connectivity index (χ3v) is 2.94. The molecule has 0 aromatic heterocycles. The fourth-order valence-corrected chi connectivity index (χ4v) is 1.93. The largest absolute Gasteiger partial charge is 0.496 e. The summed E-state index contributed by atoms with van der Waals surface area (Å²) in [6.07, 6.45) is 0.386. The molecule has 6 nitrogen and oxygen atoms in total. The molecule has 1 atom stereocenters. The zero-order valence-electron chi connectivity index (χ0n) is 12.6. The number of para-hydroxylation sites is 1. The lowest BCUT2D eigenvalue weighted by Gasteiger charge is -2.17. The quantitative estimate of drug-likeness (QED) is 0.717. The predicted octanol–water partition coefficient (Wildman–Crippen LogP) is 1.99. The van der Waals surface area contributed by atoms with Crippen molar-refractivity contribution in [1.29, 1.82) is 0 Å². The fraction of sp³-hybridized carbons (Fsp3) is 0.467. The second kappa shape index (κ2) is 8.14. The smallest absolute Gasteiger partial charge is 0.326 e. The number of urea groups is 1. The van der Waals surface area contributed by atoms with E-state index in [2.05, 4.69) is 10.6 Å². The number of nitrogens with one attached hydrogen (secondary N) is 2. The van der Waals surface area contributed by atoms with Crippen LogP contribution in [0, 0.1) is 5.92 Å². The van der Waals surface area contributed by atoms with Gasteiger partial charge in [-0.05, 0) is 18.4 Å². The Hall–Kier alpha value is -2.24. The van der Waals surface area contributed by atoms with E-state index in [-0.39, 0.29) is 12.5 Å². The number of aliphatic carboxylic acids is 1. The number of carbonyl (C=O) groups excluding carboxylic acids is 1. The predicted molar refractivity (Wildman–Crippen MR) is 79.2 cm³/mol. The Bertz CT molecular complexity index is 488. The van der Waals surface area contributed by atoms with Gasteiger partial charge in [-0.1, -0.05) is 32.0 Å². The SMILES string of the molecule is COc1ccccc1CNC(=O)NC(CC(C)C)C(=O)O. The molecule has 0 aliphatic carbocycles. The summed E-state index contributed by atoms with van der Waals surface area (Å²) in [5.41, 5.74) is 0.825. The molecule has 6 heteroatoms. The number of carboxylic acids is 1. The van der Waals surface area contributed by atoms with Crippen molar-refractivity contribution in [2.24, 2.45) is 5.92 Å². The number of carbonyl (C=O) groups is 2. The van der Waals surface area contributed by atoms with Gasteiger partial charge in [-0.3, -0.25) is 0 Å². The molecule has 1 rings (SSSR count). The van der Waals surface area contributed by atoms with Crippen molar-refractivity contribution in [3.05, 3.63) is 29.8 Å². The first-order valence-electron chi connectivity index (χ1n) is 6.83. The van der Waals surface area contributed by atoms with Crippen LogP contribution in [0.1, 0.15) is 25.8 Å². The number of methoxy groups -OCH3 is 1. The van der Waals surface area contributed by atoms with E-state index in [1.165, 1.54) is 0 Å². The molecule has 116 valence electrons. The van der Waals surface area contributed by atoms with Crippen LogP contribution in [0.15, 0.2) is 24.3 Å². The van der Waals surface area contributed by atoms with E-state index in [4.69, 9.17) is 9.84 Å². The van der Waals surface area contributed by atoms with Crippen molar-refractivity contribution in [2.75, 3.05) is 7.11 Å². The van der Waals surface area contributed by atoms with Crippen LogP contribution >= 0.6 is 0 Å². The summed E-state index contributed by atoms with van der Waals surface area (Å²) in [7, 11) is 1.56. The Morgan fingerprint density at radius 2 is 1.95 bits per heavy atom. The van der Waals surface area contributed by atoms with Gasteiger partial charge in [0.2, 0.25) is 0 Å². The summed E-state index contributed by atoms with van der Waals surface area (Å²) in [5, 5.41) is 14.2. The van der Waals surface area contributed by atoms with Crippen LogP contribution in [0.25, 0.3) is 0 Å². The van der Waals surface area contributed by atoms with Crippen LogP contribution in [-0.4, -0.2) is 30.3 Å². The maximum Gasteiger partial charge on any atom is 0.326 e. The minimum Gasteiger partial charge on any atom is -0.496 e. The Labute approximate surface area is 124 Å². The maximum atomic E-state index is 11.8. The first kappa shape index (κ1) is 16.8. The van der Waals surface area contributed by atoms with Crippen LogP contribution in [0.5, 0.6) is 5.75 Å². The third-order valence-electron chi connectivity index (χ3n) is 2.94. The zero-order chi connectivity index (χ0) is 15.8. The van der Waals surface area contributed by atoms with E-state index in [9.17, 15) is 9.59 Å². The van der Waals surface area contributed by atoms with Gasteiger partial charge in [-0.15, -0.1) is 0 Å². The van der Waals surface area contributed by atoms with Crippen molar-refractivity contribution >= 4 is 12.0 Å². The molecule has 0 heterocycles. The van der Waals surface area contributed by atoms with E-state index in [0.717, 1.165) is 5.56 Å². The van der Waals surface area contributed by atoms with Gasteiger partial charge in [0.25, 0.3) is 0 Å². The van der Waals surface area contributed by atoms with Gasteiger partial charge in [-0.2, -0.15) is 0 Å². The minimum absolute atomic E-state index is 0.181. The molecule has 3 N–H and O–H groups in total. The summed E-state index contributed by atoms with van der Waals surface area (Å²) in [6.45, 7) is 4.08. The Balaban J connectivity index is 2.54. The van der Waals surface area contributed by atoms with Crippen molar-refractivity contribution in [3.63, 3.8) is 0 Å². The number of rotatable bonds is 7. The number of amides is 2. The standard InChI is InChI=1S/C15H22N2O4/c1-10(2)8-12(14(18)19)17-15(20)16-9-11-6-4-5-7-13(11)21-3/h4-7,10,12H,8-9H2,1-3H3,(H,18,19)(H2,16,17,20). The number of hydrogen-bond acceptors (Lipinski definition) is 3. The number of hydrogen-bond donors (Lipinski definition) is 3. The Morgan fingerprint density at radius 3 is 2.52 bits per heavy atom. The third kappa shape index (κ3) is 5.72. The first-order chi connectivity index (χ1) is 9.93. The molecule has 0 bridgehead atoms. The summed E-state index contributed by atoms with van der Waals surface area (Å²) >= 11 is 0. The van der Waals surface area contributed by atoms with Crippen LogP contribution in [0.3, 0.4) is 0 Å². The lowest BCUT2D eigenvalue weighted by Crippen LogP contribution is -2.46. The molecule has 1 aromatic rings. The van der Waals surface area contributed by atoms with E-state index in [0.29, 0.717) is 12.2 Å². The van der Waals surface area contributed by atoms with Crippen LogP contribution < -0.4 is 15.4 Å². The molecule has 0 saturated carbocycles. The monoisotopic (exact) mass is 294 g/mol. The van der Waals surface area contributed by atoms with Gasteiger partial charge in [0.05, 0.1) is 7.11 Å². The Kier molecular flexibility index (Phi) is 6.52. The van der Waals surface area contributed by atoms with E-state index < -0.39 is 18.0 Å². The second-order valence-corrected chi connectivity index (χ2v) is 5.16. The second-order valence-electron chi connectivity index (χ2n) is 5.16. The number of carboxylic acid groups (broad SMARTS) is 1. The highest BCUT2D eigenvalue weighted by atomic mass is 16.5. The van der Waals surface area contributed by atoms with E-state index in [1.807, 2.05) is 32.0 Å². The molecule has 0 aliphatic rings. The fourth-order valence-electron chi connectivity index (χ4n) is 1.93. The van der Waals surface area contributed by atoms with E-state index >= 15 is 0 Å². The van der Waals surface area contributed by atoms with Gasteiger partial charge in [0, 0.05) is 12.1 Å². The summed E-state index contributed by atoms with van der Waals surface area (Å²) in [4.78, 5) is 22.9. The molecular weight excluding hydrogens is 272 g/mol. The molecule has 0 aliphatic heterocycles. The lowest BCUT2D eigenvalue weighted by molar-refractivity contribution is -0.139. The van der Waals surface area contributed by atoms with Gasteiger partial charge >= 0.3 is 12.0 Å². The average molecular weight is 294 g/mol. The van der Waals surface area contributed by atoms with Crippen molar-refractivity contribution < 1.29 is 19.4 Å². The summed E-state index contributed by atoms with van der Waals surface area (Å²) in [5.74, 6) is -0.175. The van der Waals surface area contributed by atoms with Gasteiger partial charge < -0.3 is 20.5 Å². The highest BCUT2D eigenvalue weighted by Gasteiger charge is 2.20. The zero-order valence-corrected chi connectivity index (χ0v) is 12.6. The molecule has 1 aromatic carbocycles. The van der Waals surface area contributed by atoms with E-state index in [1.54, 1.807) is 13.2 Å². The average Bonchev–Trinajstić information content (AvgIpc) is 2.44. The highest BCUT2D eigenvalue weighted by molar-refractivity contribution is 5.82. The van der Waals surface area contributed by atoms with Crippen molar-refractivity contribution in [2.45, 2.75) is 32.9 Å². The normalized spacial score (nSPS) is 11.8. The molecule has 0 saturated heterocycles. The minimum atomic E-state index is -1.03. The van der Waals surface area contributed by atoms with Crippen LogP contribution in [0.4, 0.5) is 4.79 Å². The maximum absolute atomic E-state index is 11.8. The molecule has 1 unspecified atom stereocenters. The number of ether oxygens (including phenoxy) is 1. The van der Waals surface area contributed by atoms with Crippen molar-refractivity contribution in [3.8, 4) is 5.75 Å². The van der Waals surface area contributed by atoms with Gasteiger partial charge in [-0.25, -0.2) is 9.59 Å². The van der Waals surface area contributed by atoms with Crippen LogP contribution in [-0.2, 0) is 11.3 Å². The summed E-state index contributed by atoms with van der Waals surface area (Å²) in [6, 6.07) is 5.92. The molecule has 2 amide bonds. The van der Waals surface area contributed by atoms with Gasteiger partial charge in [0.15, 0.2) is 0 Å². The Morgan fingerprint density at radius 1 is 1.29 bits per heavy atom. The number of benzene rings is 1. The lowest BCUT2D eigenvalue weighted by atomic mass is 10.0. The van der Waals surface area contributed by atoms with Gasteiger partial charge in [0.1, 0.15) is 11.8 Å². The van der Waals surface area contributed by atoms with Crippen LogP contribution in [0.2, 0.25) is 0 Å². The molecule has 0 radical (unpaired) electrons. The topological polar surface area (TPSA) is 87.7 Å². The first-order valence-corrected chi connectivity index (χ1v) is 6.83. The molecule has 0 spiro atoms. The summed E-state index contributed by atoms with van der Waals surface area (Å²) < 4.78 is 5.18. The van der Waals surface area contributed by atoms with Crippen molar-refractivity contribution in [1.82, 2.24) is 10.6 Å². The molecular formula is C15H22N2O4.